The van der Waals surface area contributed by atoms with Crippen molar-refractivity contribution in [2.45, 2.75) is 39.0 Å². The molecule has 1 heterocycles. The van der Waals surface area contributed by atoms with Gasteiger partial charge in [-0.05, 0) is 30.7 Å². The van der Waals surface area contributed by atoms with E-state index in [9.17, 15) is 5.26 Å². The molecule has 3 rings (SSSR count). The number of aromatic nitrogens is 2. The molecule has 138 valence electrons. The normalized spacial score (nSPS) is 11.5. The highest BCUT2D eigenvalue weighted by atomic mass is 16.5. The average molecular weight is 359 g/mol. The van der Waals surface area contributed by atoms with Crippen molar-refractivity contribution in [3.63, 3.8) is 0 Å². The first-order valence-corrected chi connectivity index (χ1v) is 9.60. The third-order valence-corrected chi connectivity index (χ3v) is 4.49. The van der Waals surface area contributed by atoms with E-state index < -0.39 is 0 Å². The van der Waals surface area contributed by atoms with E-state index in [0.29, 0.717) is 18.0 Å². The van der Waals surface area contributed by atoms with Gasteiger partial charge in [-0.15, -0.1) is 0 Å². The lowest BCUT2D eigenvalue weighted by Crippen LogP contribution is -1.99. The number of allylic oxidation sites excluding steroid dienone is 1. The Morgan fingerprint density at radius 1 is 1.07 bits per heavy atom. The summed E-state index contributed by atoms with van der Waals surface area (Å²) in [5.41, 5.74) is 3.16. The predicted octanol–water partition coefficient (Wildman–Crippen LogP) is 5.98. The molecule has 0 spiro atoms. The number of H-pyrrole nitrogens is 1. The molecule has 0 atom stereocenters. The quantitative estimate of drug-likeness (QED) is 0.378. The summed E-state index contributed by atoms with van der Waals surface area (Å²) in [5, 5.41) is 9.63. The maximum atomic E-state index is 9.63. The minimum atomic E-state index is 0.491. The lowest BCUT2D eigenvalue weighted by molar-refractivity contribution is 0.304. The van der Waals surface area contributed by atoms with Gasteiger partial charge >= 0.3 is 0 Å². The van der Waals surface area contributed by atoms with Gasteiger partial charge in [0.15, 0.2) is 0 Å². The maximum Gasteiger partial charge on any atom is 0.149 e. The smallest absolute Gasteiger partial charge is 0.149 e. The molecular formula is C23H25N3O. The number of nitriles is 1. The number of nitrogens with zero attached hydrogens (tertiary/aromatic N) is 2. The third kappa shape index (κ3) is 4.98. The predicted molar refractivity (Wildman–Crippen MR) is 110 cm³/mol. The minimum Gasteiger partial charge on any atom is -0.493 e. The van der Waals surface area contributed by atoms with E-state index in [0.717, 1.165) is 28.8 Å². The number of hydrogen-bond donors (Lipinski definition) is 1. The molecule has 0 amide bonds. The molecule has 0 fully saturated rings. The molecule has 1 N–H and O–H groups in total. The maximum absolute atomic E-state index is 9.63. The van der Waals surface area contributed by atoms with Crippen molar-refractivity contribution in [2.24, 2.45) is 0 Å². The van der Waals surface area contributed by atoms with Crippen LogP contribution < -0.4 is 4.74 Å². The van der Waals surface area contributed by atoms with Crippen LogP contribution in [0.2, 0.25) is 0 Å². The Kier molecular flexibility index (Phi) is 6.65. The number of imidazole rings is 1. The van der Waals surface area contributed by atoms with Crippen molar-refractivity contribution in [3.8, 4) is 11.8 Å². The SMILES string of the molecule is CCCCCCCOc1ccccc1/C=C(/C#N)c1nc2ccccc2[nH]1. The van der Waals surface area contributed by atoms with Gasteiger partial charge < -0.3 is 9.72 Å². The fraction of sp³-hybridized carbons (Fsp3) is 0.304. The van der Waals surface area contributed by atoms with E-state index in [1.807, 2.05) is 54.6 Å². The highest BCUT2D eigenvalue weighted by molar-refractivity contribution is 5.91. The Balaban J connectivity index is 1.75. The summed E-state index contributed by atoms with van der Waals surface area (Å²) in [6, 6.07) is 17.8. The number of aromatic amines is 1. The molecule has 4 nitrogen and oxygen atoms in total. The van der Waals surface area contributed by atoms with Crippen LogP contribution in [0.25, 0.3) is 22.7 Å². The second-order valence-electron chi connectivity index (χ2n) is 6.57. The Bertz CT molecular complexity index is 916. The summed E-state index contributed by atoms with van der Waals surface area (Å²) in [5.74, 6) is 1.38. The lowest BCUT2D eigenvalue weighted by Gasteiger charge is -2.09. The van der Waals surface area contributed by atoms with Gasteiger partial charge in [0.05, 0.1) is 23.2 Å². The Morgan fingerprint density at radius 3 is 2.67 bits per heavy atom. The number of nitrogens with one attached hydrogen (secondary N) is 1. The van der Waals surface area contributed by atoms with E-state index in [1.54, 1.807) is 0 Å². The molecule has 1 aromatic heterocycles. The van der Waals surface area contributed by atoms with Gasteiger partial charge in [0, 0.05) is 5.56 Å². The van der Waals surface area contributed by atoms with Gasteiger partial charge in [-0.25, -0.2) is 4.98 Å². The first-order chi connectivity index (χ1) is 13.3. The zero-order valence-electron chi connectivity index (χ0n) is 15.7. The third-order valence-electron chi connectivity index (χ3n) is 4.49. The molecule has 27 heavy (non-hydrogen) atoms. The minimum absolute atomic E-state index is 0.491. The van der Waals surface area contributed by atoms with Crippen LogP contribution >= 0.6 is 0 Å². The van der Waals surface area contributed by atoms with Gasteiger partial charge in [0.25, 0.3) is 0 Å². The lowest BCUT2D eigenvalue weighted by atomic mass is 10.1. The monoisotopic (exact) mass is 359 g/mol. The molecular weight excluding hydrogens is 334 g/mol. The van der Waals surface area contributed by atoms with Gasteiger partial charge in [-0.2, -0.15) is 5.26 Å². The number of ether oxygens (including phenoxy) is 1. The zero-order valence-corrected chi connectivity index (χ0v) is 15.7. The van der Waals surface area contributed by atoms with Crippen molar-refractivity contribution in [2.75, 3.05) is 6.61 Å². The first kappa shape index (κ1) is 18.7. The second-order valence-corrected chi connectivity index (χ2v) is 6.57. The van der Waals surface area contributed by atoms with Crippen LogP contribution in [0.5, 0.6) is 5.75 Å². The number of para-hydroxylation sites is 3. The largest absolute Gasteiger partial charge is 0.493 e. The summed E-state index contributed by atoms with van der Waals surface area (Å²) in [6.45, 7) is 2.91. The standard InChI is InChI=1S/C23H25N3O/c1-2-3-4-5-10-15-27-22-14-9-6-11-18(22)16-19(17-24)23-25-20-12-7-8-13-21(20)26-23/h6-9,11-14,16H,2-5,10,15H2,1H3,(H,25,26)/b19-16-. The zero-order chi connectivity index (χ0) is 18.9. The topological polar surface area (TPSA) is 61.7 Å². The summed E-state index contributed by atoms with van der Waals surface area (Å²) >= 11 is 0. The van der Waals surface area contributed by atoms with Crippen LogP contribution in [-0.2, 0) is 0 Å². The van der Waals surface area contributed by atoms with E-state index >= 15 is 0 Å². The molecule has 0 unspecified atom stereocenters. The Hall–Kier alpha value is -3.06. The molecule has 4 heteroatoms. The molecule has 0 aliphatic heterocycles. The highest BCUT2D eigenvalue weighted by Gasteiger charge is 2.09. The van der Waals surface area contributed by atoms with Gasteiger partial charge in [0.1, 0.15) is 17.6 Å². The van der Waals surface area contributed by atoms with Crippen LogP contribution in [0.4, 0.5) is 0 Å². The van der Waals surface area contributed by atoms with Crippen molar-refractivity contribution in [1.82, 2.24) is 9.97 Å². The molecule has 0 aliphatic rings. The van der Waals surface area contributed by atoms with Crippen molar-refractivity contribution < 1.29 is 4.74 Å². The fourth-order valence-corrected chi connectivity index (χ4v) is 3.01. The van der Waals surface area contributed by atoms with Crippen LogP contribution in [-0.4, -0.2) is 16.6 Å². The van der Waals surface area contributed by atoms with Crippen molar-refractivity contribution in [3.05, 3.63) is 59.9 Å². The van der Waals surface area contributed by atoms with E-state index in [-0.39, 0.29) is 0 Å². The summed E-state index contributed by atoms with van der Waals surface area (Å²) in [4.78, 5) is 7.74. The van der Waals surface area contributed by atoms with Gasteiger partial charge in [-0.1, -0.05) is 62.9 Å². The summed E-state index contributed by atoms with van der Waals surface area (Å²) in [7, 11) is 0. The average Bonchev–Trinajstić information content (AvgIpc) is 3.13. The number of hydrogen-bond acceptors (Lipinski definition) is 3. The Labute approximate surface area is 160 Å². The van der Waals surface area contributed by atoms with Crippen LogP contribution in [0.15, 0.2) is 48.5 Å². The molecule has 2 aromatic carbocycles. The second kappa shape index (κ2) is 9.59. The molecule has 0 aliphatic carbocycles. The van der Waals surface area contributed by atoms with Crippen molar-refractivity contribution >= 4 is 22.7 Å². The molecule has 0 saturated carbocycles. The molecule has 0 saturated heterocycles. The summed E-state index contributed by atoms with van der Waals surface area (Å²) < 4.78 is 5.97. The molecule has 3 aromatic rings. The highest BCUT2D eigenvalue weighted by Crippen LogP contribution is 2.25. The fourth-order valence-electron chi connectivity index (χ4n) is 3.01. The van der Waals surface area contributed by atoms with E-state index in [2.05, 4.69) is 23.0 Å². The molecule has 0 radical (unpaired) electrons. The summed E-state index contributed by atoms with van der Waals surface area (Å²) in [6.07, 6.45) is 7.85. The van der Waals surface area contributed by atoms with Crippen molar-refractivity contribution in [1.29, 1.82) is 5.26 Å². The number of unbranched alkanes of at least 4 members (excludes halogenated alkanes) is 4. The van der Waals surface area contributed by atoms with E-state index in [4.69, 9.17) is 4.74 Å². The molecule has 0 bridgehead atoms. The number of rotatable bonds is 9. The number of fused-ring (bicyclic) bond motifs is 1. The van der Waals surface area contributed by atoms with Gasteiger partial charge in [0.2, 0.25) is 0 Å². The van der Waals surface area contributed by atoms with Crippen LogP contribution in [0.1, 0.15) is 50.4 Å². The van der Waals surface area contributed by atoms with E-state index in [1.165, 1.54) is 25.7 Å². The number of benzene rings is 2. The van der Waals surface area contributed by atoms with Crippen LogP contribution in [0, 0.1) is 11.3 Å². The first-order valence-electron chi connectivity index (χ1n) is 9.60. The van der Waals surface area contributed by atoms with Gasteiger partial charge in [-0.3, -0.25) is 0 Å². The Morgan fingerprint density at radius 2 is 1.85 bits per heavy atom. The van der Waals surface area contributed by atoms with Crippen LogP contribution in [0.3, 0.4) is 0 Å².